The molecule has 0 spiro atoms. The Hall–Kier alpha value is -3.49. The number of hydrogen-bond donors (Lipinski definition) is 2. The summed E-state index contributed by atoms with van der Waals surface area (Å²) >= 11 is 0. The van der Waals surface area contributed by atoms with Gasteiger partial charge in [-0.15, -0.1) is 6.58 Å². The summed E-state index contributed by atoms with van der Waals surface area (Å²) in [6.07, 6.45) is 4.85. The SMILES string of the molecule is C=C[C@H]1Nc2ccn3ncc(c3n2)C(=O)NC[C@@]2(C)Cc3cc(F)c(F)c1c3O2. The summed E-state index contributed by atoms with van der Waals surface area (Å²) in [4.78, 5) is 17.1. The van der Waals surface area contributed by atoms with Crippen LogP contribution in [0.5, 0.6) is 5.75 Å². The van der Waals surface area contributed by atoms with E-state index in [2.05, 4.69) is 27.3 Å². The Bertz CT molecular complexity index is 1190. The summed E-state index contributed by atoms with van der Waals surface area (Å²) < 4.78 is 36.8. The lowest BCUT2D eigenvalue weighted by Crippen LogP contribution is -2.44. The fourth-order valence-electron chi connectivity index (χ4n) is 3.88. The van der Waals surface area contributed by atoms with Crippen LogP contribution >= 0.6 is 0 Å². The molecule has 0 saturated carbocycles. The molecule has 148 valence electrons. The molecule has 2 aromatic heterocycles. The highest BCUT2D eigenvalue weighted by molar-refractivity contribution is 5.99. The van der Waals surface area contributed by atoms with Crippen LogP contribution in [0.15, 0.2) is 37.2 Å². The summed E-state index contributed by atoms with van der Waals surface area (Å²) in [5, 5.41) is 10.0. The minimum absolute atomic E-state index is 0.0275. The number of ether oxygens (including phenoxy) is 1. The standard InChI is InChI=1S/C20H17F2N5O2/c1-3-13-15-16(22)12(21)6-10-7-20(2,29-17(10)15)9-23-19(28)11-8-24-27-5-4-14(25-13)26-18(11)27/h3-6,8,13H,1,7,9H2,2H3,(H,23,28)(H,25,26)/t13-,20-/m1/s1. The molecular formula is C20H17F2N5O2. The van der Waals surface area contributed by atoms with Crippen LogP contribution in [0.3, 0.4) is 0 Å². The van der Waals surface area contributed by atoms with E-state index in [0.717, 1.165) is 6.07 Å². The maximum atomic E-state index is 14.9. The number of nitrogens with one attached hydrogen (secondary N) is 2. The normalized spacial score (nSPS) is 22.9. The molecule has 29 heavy (non-hydrogen) atoms. The third-order valence-corrected chi connectivity index (χ3v) is 5.28. The third-order valence-electron chi connectivity index (χ3n) is 5.28. The van der Waals surface area contributed by atoms with Crippen molar-refractivity contribution in [3.8, 4) is 5.75 Å². The molecule has 0 radical (unpaired) electrons. The van der Waals surface area contributed by atoms with Gasteiger partial charge in [-0.3, -0.25) is 4.79 Å². The van der Waals surface area contributed by atoms with Crippen LogP contribution in [0.4, 0.5) is 14.6 Å². The molecule has 0 saturated heterocycles. The second kappa shape index (κ2) is 6.00. The van der Waals surface area contributed by atoms with Crippen molar-refractivity contribution in [1.29, 1.82) is 0 Å². The molecule has 0 aliphatic carbocycles. The fraction of sp³-hybridized carbons (Fsp3) is 0.250. The maximum absolute atomic E-state index is 14.9. The van der Waals surface area contributed by atoms with Crippen molar-refractivity contribution in [2.24, 2.45) is 0 Å². The van der Waals surface area contributed by atoms with E-state index in [9.17, 15) is 13.6 Å². The molecule has 2 aliphatic heterocycles. The summed E-state index contributed by atoms with van der Waals surface area (Å²) in [7, 11) is 0. The monoisotopic (exact) mass is 397 g/mol. The van der Waals surface area contributed by atoms with Gasteiger partial charge in [0.1, 0.15) is 22.7 Å². The van der Waals surface area contributed by atoms with E-state index < -0.39 is 23.3 Å². The minimum atomic E-state index is -1.00. The van der Waals surface area contributed by atoms with E-state index in [1.807, 2.05) is 0 Å². The van der Waals surface area contributed by atoms with Gasteiger partial charge in [0, 0.05) is 18.2 Å². The van der Waals surface area contributed by atoms with Crippen LogP contribution in [-0.2, 0) is 6.42 Å². The van der Waals surface area contributed by atoms with Crippen LogP contribution in [0.1, 0.15) is 34.5 Å². The Balaban J connectivity index is 1.73. The molecule has 2 N–H and O–H groups in total. The lowest BCUT2D eigenvalue weighted by Gasteiger charge is -2.25. The zero-order valence-corrected chi connectivity index (χ0v) is 15.5. The van der Waals surface area contributed by atoms with Gasteiger partial charge in [0.15, 0.2) is 17.3 Å². The highest BCUT2D eigenvalue weighted by Crippen LogP contribution is 2.43. The number of halogens is 2. The molecule has 9 heteroatoms. The van der Waals surface area contributed by atoms with Crippen LogP contribution in [0.25, 0.3) is 5.65 Å². The molecule has 7 nitrogen and oxygen atoms in total. The number of anilines is 1. The lowest BCUT2D eigenvalue weighted by atomic mass is 9.96. The highest BCUT2D eigenvalue weighted by atomic mass is 19.2. The van der Waals surface area contributed by atoms with E-state index >= 15 is 0 Å². The largest absolute Gasteiger partial charge is 0.485 e. The van der Waals surface area contributed by atoms with Crippen molar-refractivity contribution >= 4 is 17.4 Å². The average molecular weight is 397 g/mol. The molecule has 0 fully saturated rings. The Kier molecular flexibility index (Phi) is 3.64. The first-order valence-corrected chi connectivity index (χ1v) is 9.10. The van der Waals surface area contributed by atoms with Crippen molar-refractivity contribution in [2.75, 3.05) is 11.9 Å². The molecular weight excluding hydrogens is 380 g/mol. The molecule has 4 bridgehead atoms. The number of hydrogen-bond acceptors (Lipinski definition) is 5. The van der Waals surface area contributed by atoms with Gasteiger partial charge in [-0.05, 0) is 19.1 Å². The van der Waals surface area contributed by atoms with E-state index in [4.69, 9.17) is 4.74 Å². The topological polar surface area (TPSA) is 80.5 Å². The van der Waals surface area contributed by atoms with E-state index in [-0.39, 0.29) is 23.8 Å². The number of carbonyl (C=O) groups is 1. The van der Waals surface area contributed by atoms with Gasteiger partial charge >= 0.3 is 0 Å². The molecule has 2 atom stereocenters. The van der Waals surface area contributed by atoms with Gasteiger partial charge in [0.05, 0.1) is 24.3 Å². The van der Waals surface area contributed by atoms with E-state index in [1.165, 1.54) is 16.8 Å². The molecule has 1 aromatic carbocycles. The predicted octanol–water partition coefficient (Wildman–Crippen LogP) is 2.78. The van der Waals surface area contributed by atoms with Crippen LogP contribution in [0.2, 0.25) is 0 Å². The van der Waals surface area contributed by atoms with Crippen molar-refractivity contribution in [2.45, 2.75) is 25.0 Å². The molecule has 4 heterocycles. The zero-order valence-electron chi connectivity index (χ0n) is 15.5. The Morgan fingerprint density at radius 2 is 2.28 bits per heavy atom. The molecule has 0 unspecified atom stereocenters. The zero-order chi connectivity index (χ0) is 20.3. The van der Waals surface area contributed by atoms with Gasteiger partial charge in [0.2, 0.25) is 0 Å². The van der Waals surface area contributed by atoms with Crippen molar-refractivity contribution < 1.29 is 18.3 Å². The number of aromatic nitrogens is 3. The number of benzene rings is 1. The predicted molar refractivity (Wildman–Crippen MR) is 101 cm³/mol. The van der Waals surface area contributed by atoms with Crippen LogP contribution < -0.4 is 15.4 Å². The fourth-order valence-corrected chi connectivity index (χ4v) is 3.88. The number of carbonyl (C=O) groups excluding carboxylic acids is 1. The summed E-state index contributed by atoms with van der Waals surface area (Å²) in [5.41, 5.74) is 0.356. The Morgan fingerprint density at radius 3 is 3.07 bits per heavy atom. The number of amides is 1. The van der Waals surface area contributed by atoms with Crippen molar-refractivity contribution in [1.82, 2.24) is 19.9 Å². The maximum Gasteiger partial charge on any atom is 0.256 e. The van der Waals surface area contributed by atoms with Crippen molar-refractivity contribution in [3.05, 3.63) is 65.5 Å². The minimum Gasteiger partial charge on any atom is -0.485 e. The Morgan fingerprint density at radius 1 is 1.45 bits per heavy atom. The third kappa shape index (κ3) is 2.65. The van der Waals surface area contributed by atoms with Crippen molar-refractivity contribution in [3.63, 3.8) is 0 Å². The van der Waals surface area contributed by atoms with Gasteiger partial charge in [-0.2, -0.15) is 5.10 Å². The summed E-state index contributed by atoms with van der Waals surface area (Å²) in [6, 6.07) is 1.97. The van der Waals surface area contributed by atoms with Gasteiger partial charge in [-0.25, -0.2) is 18.3 Å². The Labute approximate surface area is 164 Å². The number of nitrogens with zero attached hydrogens (tertiary/aromatic N) is 3. The van der Waals surface area contributed by atoms with Crippen LogP contribution in [0, 0.1) is 11.6 Å². The quantitative estimate of drug-likeness (QED) is 0.618. The molecule has 5 rings (SSSR count). The summed E-state index contributed by atoms with van der Waals surface area (Å²) in [6.45, 7) is 5.69. The smallest absolute Gasteiger partial charge is 0.256 e. The first kappa shape index (κ1) is 17.6. The lowest BCUT2D eigenvalue weighted by molar-refractivity contribution is 0.0838. The first-order chi connectivity index (χ1) is 13.9. The highest BCUT2D eigenvalue weighted by Gasteiger charge is 2.40. The average Bonchev–Trinajstić information content (AvgIpc) is 3.26. The van der Waals surface area contributed by atoms with E-state index in [1.54, 1.807) is 19.2 Å². The van der Waals surface area contributed by atoms with Gasteiger partial charge in [0.25, 0.3) is 5.91 Å². The molecule has 3 aromatic rings. The number of fused-ring (bicyclic) bond motifs is 2. The van der Waals surface area contributed by atoms with Gasteiger partial charge in [-0.1, -0.05) is 6.08 Å². The molecule has 2 aliphatic rings. The van der Waals surface area contributed by atoms with Gasteiger partial charge < -0.3 is 15.4 Å². The van der Waals surface area contributed by atoms with Crippen LogP contribution in [-0.4, -0.2) is 32.7 Å². The second-order valence-electron chi connectivity index (χ2n) is 7.48. The number of rotatable bonds is 1. The van der Waals surface area contributed by atoms with E-state index in [0.29, 0.717) is 29.0 Å². The second-order valence-corrected chi connectivity index (χ2v) is 7.48. The molecule has 1 amide bonds. The first-order valence-electron chi connectivity index (χ1n) is 9.10. The summed E-state index contributed by atoms with van der Waals surface area (Å²) in [5.74, 6) is -1.70.